The van der Waals surface area contributed by atoms with Crippen LogP contribution >= 0.6 is 7.14 Å². The van der Waals surface area contributed by atoms with Crippen LogP contribution in [0.5, 0.6) is 0 Å². The Kier molecular flexibility index (Phi) is 11.9. The van der Waals surface area contributed by atoms with Crippen molar-refractivity contribution in [2.45, 2.75) is 48.3 Å². The van der Waals surface area contributed by atoms with E-state index in [0.717, 1.165) is 24.3 Å². The van der Waals surface area contributed by atoms with E-state index in [1.54, 1.807) is 60.7 Å². The fourth-order valence-corrected chi connectivity index (χ4v) is 9.27. The van der Waals surface area contributed by atoms with Gasteiger partial charge in [-0.05, 0) is 0 Å². The molecule has 1 aliphatic heterocycles. The van der Waals surface area contributed by atoms with E-state index in [4.69, 9.17) is 23.7 Å². The zero-order valence-electron chi connectivity index (χ0n) is 28.4. The number of ether oxygens (including phenoxy) is 5. The van der Waals surface area contributed by atoms with Gasteiger partial charge >= 0.3 is 24.3 Å². The molecule has 0 aromatic heterocycles. The molecule has 1 aliphatic rings. The Labute approximate surface area is 301 Å². The number of alkyl halides is 6. The van der Waals surface area contributed by atoms with Gasteiger partial charge in [-0.25, -0.2) is 9.59 Å². The number of rotatable bonds is 12. The number of hydrogen-bond donors (Lipinski definition) is 0. The number of carbonyl (C=O) groups is 2. The summed E-state index contributed by atoms with van der Waals surface area (Å²) in [5.41, 5.74) is -8.73. The molecule has 0 N–H and O–H groups in total. The van der Waals surface area contributed by atoms with E-state index in [9.17, 15) is 35.9 Å². The van der Waals surface area contributed by atoms with Gasteiger partial charge in [0.15, 0.2) is 6.10 Å². The lowest BCUT2D eigenvalue weighted by Gasteiger charge is -2.42. The second-order valence-corrected chi connectivity index (χ2v) is 15.0. The van der Waals surface area contributed by atoms with Gasteiger partial charge in [-0.1, -0.05) is 121 Å². The Hall–Kier alpha value is -4.49. The van der Waals surface area contributed by atoms with E-state index in [1.807, 2.05) is 0 Å². The SMILES string of the molecule is CO[C@@](C(=O)O[C@H]1[C@H](CP(=O)(c2ccccc2)c2ccccc2)OCC[C@H]1OC(=O)[C@](OC)(c1ccccc1)C(F)(F)F)(c1ccccc1)C(F)(F)F. The molecule has 5 rings (SSSR count). The van der Waals surface area contributed by atoms with Crippen LogP contribution in [0.15, 0.2) is 121 Å². The van der Waals surface area contributed by atoms with Crippen LogP contribution < -0.4 is 10.6 Å². The highest BCUT2D eigenvalue weighted by molar-refractivity contribution is 7.78. The smallest absolute Gasteiger partial charge is 0.432 e. The molecule has 282 valence electrons. The molecule has 0 aliphatic carbocycles. The molecule has 1 heterocycles. The summed E-state index contributed by atoms with van der Waals surface area (Å²) in [4.78, 5) is 27.8. The third-order valence-electron chi connectivity index (χ3n) is 9.10. The summed E-state index contributed by atoms with van der Waals surface area (Å²) < 4.78 is 131. The molecule has 4 aromatic rings. The molecule has 0 saturated carbocycles. The first-order valence-corrected chi connectivity index (χ1v) is 18.1. The predicted molar refractivity (Wildman–Crippen MR) is 181 cm³/mol. The molecule has 0 radical (unpaired) electrons. The first kappa shape index (κ1) is 39.7. The van der Waals surface area contributed by atoms with Gasteiger partial charge in [-0.2, -0.15) is 26.3 Å². The Morgan fingerprint density at radius 3 is 1.40 bits per heavy atom. The average Bonchev–Trinajstić information content (AvgIpc) is 3.14. The number of hydrogen-bond acceptors (Lipinski definition) is 8. The van der Waals surface area contributed by atoms with Crippen LogP contribution in [0.25, 0.3) is 0 Å². The fourth-order valence-electron chi connectivity index (χ4n) is 6.42. The van der Waals surface area contributed by atoms with Gasteiger partial charge in [0.25, 0.3) is 11.2 Å². The summed E-state index contributed by atoms with van der Waals surface area (Å²) in [6.45, 7) is -0.328. The minimum Gasteiger partial charge on any atom is -0.456 e. The molecule has 15 heteroatoms. The molecular weight excluding hydrogens is 729 g/mol. The summed E-state index contributed by atoms with van der Waals surface area (Å²) in [5.74, 6) is -4.00. The predicted octanol–water partition coefficient (Wildman–Crippen LogP) is 6.82. The molecule has 1 fully saturated rings. The van der Waals surface area contributed by atoms with Crippen LogP contribution in [0, 0.1) is 0 Å². The second-order valence-electron chi connectivity index (χ2n) is 12.1. The average molecular weight is 765 g/mol. The molecular formula is C38H35F6O8P. The first-order valence-electron chi connectivity index (χ1n) is 16.2. The van der Waals surface area contributed by atoms with Gasteiger partial charge in [-0.15, -0.1) is 0 Å². The van der Waals surface area contributed by atoms with E-state index in [0.29, 0.717) is 24.8 Å². The molecule has 8 nitrogen and oxygen atoms in total. The van der Waals surface area contributed by atoms with Gasteiger partial charge in [-0.3, -0.25) is 0 Å². The summed E-state index contributed by atoms with van der Waals surface area (Å²) in [5, 5.41) is 0.619. The van der Waals surface area contributed by atoms with Crippen molar-refractivity contribution in [3.05, 3.63) is 132 Å². The van der Waals surface area contributed by atoms with Crippen LogP contribution in [-0.4, -0.2) is 69.6 Å². The molecule has 0 unspecified atom stereocenters. The van der Waals surface area contributed by atoms with Crippen molar-refractivity contribution in [2.75, 3.05) is 27.0 Å². The third-order valence-corrected chi connectivity index (χ3v) is 12.2. The summed E-state index contributed by atoms with van der Waals surface area (Å²) in [7, 11) is -2.51. The van der Waals surface area contributed by atoms with E-state index in [2.05, 4.69) is 0 Å². The molecule has 0 amide bonds. The fraction of sp³-hybridized carbons (Fsp3) is 0.316. The van der Waals surface area contributed by atoms with Crippen molar-refractivity contribution in [3.8, 4) is 0 Å². The molecule has 53 heavy (non-hydrogen) atoms. The highest BCUT2D eigenvalue weighted by atomic mass is 31.2. The maximum Gasteiger partial charge on any atom is 0.432 e. The van der Waals surface area contributed by atoms with Crippen molar-refractivity contribution in [1.29, 1.82) is 0 Å². The number of carbonyl (C=O) groups excluding carboxylic acids is 2. The van der Waals surface area contributed by atoms with Gasteiger partial charge in [0, 0.05) is 48.5 Å². The Bertz CT molecular complexity index is 1840. The standard InChI is InChI=1S/C38H35F6O8P/c1-48-35(37(39,40)41,26-15-7-3-8-16-26)33(45)51-30-23-24-50-31(25-53(47,28-19-11-5-12-20-28)29-21-13-6-14-22-29)32(30)52-34(46)36(49-2,38(42,43)44)27-17-9-4-10-18-27/h3-22,30-32H,23-25H2,1-2H3/t30-,31+,32-,35-,36-/m1/s1. The number of methoxy groups -OCH3 is 2. The van der Waals surface area contributed by atoms with Crippen molar-refractivity contribution >= 4 is 29.7 Å². The normalized spacial score (nSPS) is 20.4. The molecule has 0 bridgehead atoms. The molecule has 1 saturated heterocycles. The summed E-state index contributed by atoms with van der Waals surface area (Å²) in [6.07, 6.45) is -17.2. The monoisotopic (exact) mass is 764 g/mol. The Balaban J connectivity index is 1.63. The van der Waals surface area contributed by atoms with E-state index in [-0.39, 0.29) is 6.61 Å². The van der Waals surface area contributed by atoms with E-state index >= 15 is 4.57 Å². The maximum absolute atomic E-state index is 15.1. The Morgan fingerprint density at radius 2 is 1.02 bits per heavy atom. The van der Waals surface area contributed by atoms with Crippen LogP contribution in [0.4, 0.5) is 26.3 Å². The van der Waals surface area contributed by atoms with E-state index < -0.39 is 84.7 Å². The maximum atomic E-state index is 15.1. The van der Waals surface area contributed by atoms with Crippen LogP contribution in [0.3, 0.4) is 0 Å². The van der Waals surface area contributed by atoms with Crippen LogP contribution in [-0.2, 0) is 49.0 Å². The van der Waals surface area contributed by atoms with Crippen LogP contribution in [0.1, 0.15) is 17.5 Å². The number of halogens is 6. The molecule has 0 spiro atoms. The Morgan fingerprint density at radius 1 is 0.642 bits per heavy atom. The minimum absolute atomic E-state index is 0.310. The quantitative estimate of drug-likeness (QED) is 0.0882. The van der Waals surface area contributed by atoms with Gasteiger partial charge in [0.1, 0.15) is 19.3 Å². The first-order chi connectivity index (χ1) is 25.2. The summed E-state index contributed by atoms with van der Waals surface area (Å²) in [6, 6.07) is 27.9. The van der Waals surface area contributed by atoms with Gasteiger partial charge in [0.2, 0.25) is 0 Å². The second kappa shape index (κ2) is 15.9. The number of esters is 2. The topological polar surface area (TPSA) is 97.4 Å². The lowest BCUT2D eigenvalue weighted by atomic mass is 9.91. The summed E-state index contributed by atoms with van der Waals surface area (Å²) >= 11 is 0. The largest absolute Gasteiger partial charge is 0.456 e. The zero-order chi connectivity index (χ0) is 38.5. The van der Waals surface area contributed by atoms with Crippen molar-refractivity contribution in [2.24, 2.45) is 0 Å². The van der Waals surface area contributed by atoms with Crippen LogP contribution in [0.2, 0.25) is 0 Å². The minimum atomic E-state index is -5.43. The molecule has 5 atom stereocenters. The van der Waals surface area contributed by atoms with E-state index in [1.165, 1.54) is 36.4 Å². The van der Waals surface area contributed by atoms with Crippen molar-refractivity contribution < 1.29 is 64.2 Å². The third kappa shape index (κ3) is 7.50. The van der Waals surface area contributed by atoms with Crippen molar-refractivity contribution in [3.63, 3.8) is 0 Å². The molecule has 4 aromatic carbocycles. The van der Waals surface area contributed by atoms with Gasteiger partial charge < -0.3 is 28.2 Å². The lowest BCUT2D eigenvalue weighted by molar-refractivity contribution is -0.290. The zero-order valence-corrected chi connectivity index (χ0v) is 29.3. The highest BCUT2D eigenvalue weighted by Crippen LogP contribution is 2.49. The highest BCUT2D eigenvalue weighted by Gasteiger charge is 2.66. The lowest BCUT2D eigenvalue weighted by Crippen LogP contribution is -2.59. The van der Waals surface area contributed by atoms with Crippen molar-refractivity contribution in [1.82, 2.24) is 0 Å². The van der Waals surface area contributed by atoms with Gasteiger partial charge in [0.05, 0.1) is 6.61 Å². The number of benzene rings is 4.